The summed E-state index contributed by atoms with van der Waals surface area (Å²) < 4.78 is 25.9. The molecule has 4 nitrogen and oxygen atoms in total. The first-order valence-electron chi connectivity index (χ1n) is 8.28. The van der Waals surface area contributed by atoms with E-state index in [1.807, 2.05) is 6.07 Å². The Bertz CT molecular complexity index is 539. The van der Waals surface area contributed by atoms with Crippen LogP contribution in [0.2, 0.25) is 0 Å². The maximum absolute atomic E-state index is 14.4. The van der Waals surface area contributed by atoms with E-state index in [2.05, 4.69) is 15.9 Å². The maximum Gasteiger partial charge on any atom is 0.182 e. The van der Waals surface area contributed by atoms with Crippen LogP contribution < -0.4 is 4.90 Å². The molecule has 3 aliphatic heterocycles. The minimum Gasteiger partial charge on any atom is -0.371 e. The normalized spacial score (nSPS) is 24.7. The lowest BCUT2D eigenvalue weighted by atomic mass is 10.1. The van der Waals surface area contributed by atoms with Crippen molar-refractivity contribution in [3.05, 3.63) is 29.6 Å². The second kappa shape index (κ2) is 5.80. The highest BCUT2D eigenvalue weighted by atomic mass is 19.1. The molecule has 0 atom stereocenters. The highest BCUT2D eigenvalue weighted by Gasteiger charge is 2.43. The fourth-order valence-electron chi connectivity index (χ4n) is 3.88. The summed E-state index contributed by atoms with van der Waals surface area (Å²) in [5, 5.41) is 0. The first-order chi connectivity index (χ1) is 10.8. The maximum atomic E-state index is 14.4. The zero-order chi connectivity index (χ0) is 15.0. The van der Waals surface area contributed by atoms with E-state index in [1.165, 1.54) is 12.8 Å². The van der Waals surface area contributed by atoms with Crippen molar-refractivity contribution in [2.75, 3.05) is 44.3 Å². The largest absolute Gasteiger partial charge is 0.371 e. The van der Waals surface area contributed by atoms with E-state index in [0.717, 1.165) is 43.9 Å². The summed E-state index contributed by atoms with van der Waals surface area (Å²) in [6, 6.07) is 5.45. The van der Waals surface area contributed by atoms with Crippen molar-refractivity contribution in [2.45, 2.75) is 31.6 Å². The van der Waals surface area contributed by atoms with E-state index in [0.29, 0.717) is 19.8 Å². The number of nitrogens with zero attached hydrogens (tertiary/aromatic N) is 2. The first kappa shape index (κ1) is 14.4. The molecule has 1 spiro atoms. The van der Waals surface area contributed by atoms with Gasteiger partial charge in [0.25, 0.3) is 0 Å². The number of halogens is 1. The van der Waals surface area contributed by atoms with Crippen LogP contribution in [0, 0.1) is 5.82 Å². The van der Waals surface area contributed by atoms with Crippen LogP contribution >= 0.6 is 0 Å². The van der Waals surface area contributed by atoms with Crippen LogP contribution in [-0.4, -0.2) is 50.1 Å². The van der Waals surface area contributed by atoms with Crippen molar-refractivity contribution in [3.8, 4) is 0 Å². The van der Waals surface area contributed by atoms with Gasteiger partial charge < -0.3 is 14.4 Å². The number of benzene rings is 1. The summed E-state index contributed by atoms with van der Waals surface area (Å²) in [5.74, 6) is -0.530. The van der Waals surface area contributed by atoms with Gasteiger partial charge in [-0.1, -0.05) is 6.07 Å². The summed E-state index contributed by atoms with van der Waals surface area (Å²) in [4.78, 5) is 4.57. The van der Waals surface area contributed by atoms with E-state index in [1.54, 1.807) is 6.07 Å². The average Bonchev–Trinajstić information content (AvgIpc) is 3.26. The van der Waals surface area contributed by atoms with Gasteiger partial charge in [-0.05, 0) is 25.0 Å². The molecule has 4 rings (SSSR count). The lowest BCUT2D eigenvalue weighted by Crippen LogP contribution is -2.34. The average molecular weight is 306 g/mol. The smallest absolute Gasteiger partial charge is 0.182 e. The highest BCUT2D eigenvalue weighted by molar-refractivity contribution is 5.54. The summed E-state index contributed by atoms with van der Waals surface area (Å²) >= 11 is 0. The Morgan fingerprint density at radius 2 is 1.86 bits per heavy atom. The number of likely N-dealkylation sites (tertiary alicyclic amines) is 1. The minimum atomic E-state index is -0.431. The van der Waals surface area contributed by atoms with Gasteiger partial charge >= 0.3 is 0 Å². The molecule has 3 saturated heterocycles. The van der Waals surface area contributed by atoms with Crippen molar-refractivity contribution < 1.29 is 13.9 Å². The second-order valence-corrected chi connectivity index (χ2v) is 6.50. The van der Waals surface area contributed by atoms with Crippen molar-refractivity contribution in [2.24, 2.45) is 0 Å². The van der Waals surface area contributed by atoms with Gasteiger partial charge in [-0.2, -0.15) is 0 Å². The molecule has 0 aliphatic carbocycles. The van der Waals surface area contributed by atoms with Gasteiger partial charge in [-0.25, -0.2) is 4.39 Å². The Balaban J connectivity index is 1.52. The SMILES string of the molecule is Fc1cccc(N2CCCC2)c1CN1CCC2(C1)OCCO2. The zero-order valence-corrected chi connectivity index (χ0v) is 12.9. The Hall–Kier alpha value is -1.17. The predicted octanol–water partition coefficient (Wildman–Crippen LogP) is 2.37. The Morgan fingerprint density at radius 3 is 2.64 bits per heavy atom. The van der Waals surface area contributed by atoms with Crippen LogP contribution in [0.25, 0.3) is 0 Å². The molecule has 0 saturated carbocycles. The molecule has 3 aliphatic rings. The van der Waals surface area contributed by atoms with Crippen LogP contribution in [-0.2, 0) is 16.0 Å². The molecule has 0 aromatic heterocycles. The molecule has 0 amide bonds. The number of ether oxygens (including phenoxy) is 2. The van der Waals surface area contributed by atoms with Gasteiger partial charge in [0, 0.05) is 43.9 Å². The molecule has 0 bridgehead atoms. The van der Waals surface area contributed by atoms with E-state index in [-0.39, 0.29) is 5.82 Å². The molecule has 0 N–H and O–H groups in total. The Kier molecular flexibility index (Phi) is 3.80. The predicted molar refractivity (Wildman–Crippen MR) is 82.4 cm³/mol. The molecule has 0 unspecified atom stereocenters. The number of anilines is 1. The van der Waals surface area contributed by atoms with Crippen LogP contribution in [0.4, 0.5) is 10.1 Å². The number of rotatable bonds is 3. The van der Waals surface area contributed by atoms with E-state index in [9.17, 15) is 4.39 Å². The molecular weight excluding hydrogens is 283 g/mol. The van der Waals surface area contributed by atoms with Crippen LogP contribution in [0.1, 0.15) is 24.8 Å². The van der Waals surface area contributed by atoms with Crippen LogP contribution in [0.3, 0.4) is 0 Å². The summed E-state index contributed by atoms with van der Waals surface area (Å²) in [5.41, 5.74) is 1.88. The standard InChI is InChI=1S/C17H23FN2O2/c18-15-4-3-5-16(20-7-1-2-8-20)14(15)12-19-9-6-17(13-19)21-10-11-22-17/h3-5H,1-2,6-13H2. The Labute approximate surface area is 130 Å². The third-order valence-corrected chi connectivity index (χ3v) is 5.01. The van der Waals surface area contributed by atoms with Crippen molar-refractivity contribution in [3.63, 3.8) is 0 Å². The second-order valence-electron chi connectivity index (χ2n) is 6.50. The van der Waals surface area contributed by atoms with Gasteiger partial charge in [0.15, 0.2) is 5.79 Å². The van der Waals surface area contributed by atoms with Gasteiger partial charge in [0.05, 0.1) is 19.8 Å². The van der Waals surface area contributed by atoms with Gasteiger partial charge in [0.1, 0.15) is 5.82 Å². The van der Waals surface area contributed by atoms with Gasteiger partial charge in [-0.3, -0.25) is 4.90 Å². The molecule has 5 heteroatoms. The monoisotopic (exact) mass is 306 g/mol. The molecule has 1 aromatic carbocycles. The molecule has 120 valence electrons. The third kappa shape index (κ3) is 2.62. The topological polar surface area (TPSA) is 24.9 Å². The lowest BCUT2D eigenvalue weighted by Gasteiger charge is -2.26. The molecule has 22 heavy (non-hydrogen) atoms. The molecular formula is C17H23FN2O2. The fraction of sp³-hybridized carbons (Fsp3) is 0.647. The van der Waals surface area contributed by atoms with Crippen LogP contribution in [0.5, 0.6) is 0 Å². The van der Waals surface area contributed by atoms with E-state index >= 15 is 0 Å². The van der Waals surface area contributed by atoms with Gasteiger partial charge in [-0.15, -0.1) is 0 Å². The molecule has 3 heterocycles. The first-order valence-corrected chi connectivity index (χ1v) is 8.28. The quantitative estimate of drug-likeness (QED) is 0.856. The van der Waals surface area contributed by atoms with Crippen molar-refractivity contribution >= 4 is 5.69 Å². The summed E-state index contributed by atoms with van der Waals surface area (Å²) in [6.07, 6.45) is 3.27. The molecule has 0 radical (unpaired) electrons. The Morgan fingerprint density at radius 1 is 1.09 bits per heavy atom. The van der Waals surface area contributed by atoms with Gasteiger partial charge in [0.2, 0.25) is 0 Å². The summed E-state index contributed by atoms with van der Waals surface area (Å²) in [7, 11) is 0. The number of hydrogen-bond donors (Lipinski definition) is 0. The van der Waals surface area contributed by atoms with E-state index in [4.69, 9.17) is 9.47 Å². The van der Waals surface area contributed by atoms with E-state index < -0.39 is 5.79 Å². The van der Waals surface area contributed by atoms with Crippen molar-refractivity contribution in [1.82, 2.24) is 4.90 Å². The minimum absolute atomic E-state index is 0.0985. The third-order valence-electron chi connectivity index (χ3n) is 5.01. The fourth-order valence-corrected chi connectivity index (χ4v) is 3.88. The zero-order valence-electron chi connectivity index (χ0n) is 12.9. The number of hydrogen-bond acceptors (Lipinski definition) is 4. The van der Waals surface area contributed by atoms with Crippen molar-refractivity contribution in [1.29, 1.82) is 0 Å². The lowest BCUT2D eigenvalue weighted by molar-refractivity contribution is -0.145. The molecule has 1 aromatic rings. The van der Waals surface area contributed by atoms with Crippen LogP contribution in [0.15, 0.2) is 18.2 Å². The molecule has 3 fully saturated rings. The summed E-state index contributed by atoms with van der Waals surface area (Å²) in [6.45, 7) is 5.68. The highest BCUT2D eigenvalue weighted by Crippen LogP contribution is 2.33.